The maximum absolute atomic E-state index is 12.2. The number of amides is 1. The predicted octanol–water partition coefficient (Wildman–Crippen LogP) is 2.00. The number of carbonyl (C=O) groups is 1. The minimum Gasteiger partial charge on any atom is -0.346 e. The summed E-state index contributed by atoms with van der Waals surface area (Å²) in [6.07, 6.45) is 0. The molecule has 1 aromatic carbocycles. The second-order valence-corrected chi connectivity index (χ2v) is 5.64. The molecule has 0 aliphatic heterocycles. The molecule has 0 radical (unpaired) electrons. The van der Waals surface area contributed by atoms with Gasteiger partial charge in [-0.2, -0.15) is 0 Å². The highest BCUT2D eigenvalue weighted by molar-refractivity contribution is 7.09. The SMILES string of the molecule is Cc1nc(CNC(=O)c2ccc(C)c(C#CCN)c2)cs1. The van der Waals surface area contributed by atoms with Crippen molar-refractivity contribution >= 4 is 17.2 Å². The number of nitrogens with zero attached hydrogens (tertiary/aromatic N) is 1. The Bertz CT molecular complexity index is 710. The third-order valence-electron chi connectivity index (χ3n) is 2.92. The average Bonchev–Trinajstić information content (AvgIpc) is 2.89. The molecule has 4 nitrogen and oxygen atoms in total. The third-order valence-corrected chi connectivity index (χ3v) is 3.74. The van der Waals surface area contributed by atoms with Crippen LogP contribution in [-0.2, 0) is 6.54 Å². The van der Waals surface area contributed by atoms with Crippen LogP contribution in [0.4, 0.5) is 0 Å². The quantitative estimate of drug-likeness (QED) is 0.852. The number of hydrogen-bond donors (Lipinski definition) is 2. The highest BCUT2D eigenvalue weighted by Crippen LogP contribution is 2.11. The van der Waals surface area contributed by atoms with Gasteiger partial charge in [0.05, 0.1) is 23.8 Å². The molecule has 0 aliphatic rings. The largest absolute Gasteiger partial charge is 0.346 e. The minimum absolute atomic E-state index is 0.128. The van der Waals surface area contributed by atoms with Crippen LogP contribution < -0.4 is 11.1 Å². The van der Waals surface area contributed by atoms with Gasteiger partial charge in [-0.15, -0.1) is 11.3 Å². The first-order valence-electron chi connectivity index (χ1n) is 6.59. The first-order chi connectivity index (χ1) is 10.1. The van der Waals surface area contributed by atoms with Crippen LogP contribution in [0.3, 0.4) is 0 Å². The van der Waals surface area contributed by atoms with Crippen LogP contribution in [0.25, 0.3) is 0 Å². The van der Waals surface area contributed by atoms with E-state index in [0.29, 0.717) is 18.7 Å². The van der Waals surface area contributed by atoms with Crippen LogP contribution in [0.1, 0.15) is 32.2 Å². The minimum atomic E-state index is -0.128. The normalized spacial score (nSPS) is 9.86. The second-order valence-electron chi connectivity index (χ2n) is 4.58. The van der Waals surface area contributed by atoms with E-state index in [0.717, 1.165) is 21.8 Å². The summed E-state index contributed by atoms with van der Waals surface area (Å²) in [6.45, 7) is 4.64. The van der Waals surface area contributed by atoms with E-state index in [1.807, 2.05) is 25.3 Å². The summed E-state index contributed by atoms with van der Waals surface area (Å²) >= 11 is 1.57. The van der Waals surface area contributed by atoms with Crippen LogP contribution >= 0.6 is 11.3 Å². The summed E-state index contributed by atoms with van der Waals surface area (Å²) in [6, 6.07) is 5.48. The number of thiazole rings is 1. The average molecular weight is 299 g/mol. The lowest BCUT2D eigenvalue weighted by Gasteiger charge is -2.05. The van der Waals surface area contributed by atoms with Gasteiger partial charge in [0.1, 0.15) is 0 Å². The molecule has 108 valence electrons. The van der Waals surface area contributed by atoms with Crippen molar-refractivity contribution in [2.45, 2.75) is 20.4 Å². The molecule has 2 rings (SSSR count). The Morgan fingerprint density at radius 1 is 1.43 bits per heavy atom. The van der Waals surface area contributed by atoms with Gasteiger partial charge < -0.3 is 11.1 Å². The van der Waals surface area contributed by atoms with Gasteiger partial charge in [0.25, 0.3) is 5.91 Å². The Labute approximate surface area is 128 Å². The van der Waals surface area contributed by atoms with Crippen molar-refractivity contribution < 1.29 is 4.79 Å². The zero-order valence-electron chi connectivity index (χ0n) is 12.1. The summed E-state index contributed by atoms with van der Waals surface area (Å²) < 4.78 is 0. The molecular weight excluding hydrogens is 282 g/mol. The van der Waals surface area contributed by atoms with E-state index in [2.05, 4.69) is 22.1 Å². The molecule has 0 saturated heterocycles. The van der Waals surface area contributed by atoms with Crippen molar-refractivity contribution in [3.05, 3.63) is 51.0 Å². The molecule has 1 aromatic heterocycles. The summed E-state index contributed by atoms with van der Waals surface area (Å²) in [5, 5.41) is 5.81. The van der Waals surface area contributed by atoms with Crippen molar-refractivity contribution in [3.8, 4) is 11.8 Å². The first kappa shape index (κ1) is 15.2. The van der Waals surface area contributed by atoms with Gasteiger partial charge in [0, 0.05) is 16.5 Å². The van der Waals surface area contributed by atoms with Crippen LogP contribution in [0.2, 0.25) is 0 Å². The number of aryl methyl sites for hydroxylation is 2. The number of hydrogen-bond acceptors (Lipinski definition) is 4. The Hall–Kier alpha value is -2.16. The van der Waals surface area contributed by atoms with Crippen molar-refractivity contribution in [2.24, 2.45) is 5.73 Å². The topological polar surface area (TPSA) is 68.0 Å². The molecule has 0 unspecified atom stereocenters. The van der Waals surface area contributed by atoms with E-state index in [1.54, 1.807) is 23.5 Å². The molecule has 1 heterocycles. The molecular formula is C16H17N3OS. The monoisotopic (exact) mass is 299 g/mol. The Morgan fingerprint density at radius 3 is 2.90 bits per heavy atom. The van der Waals surface area contributed by atoms with Crippen molar-refractivity contribution in [3.63, 3.8) is 0 Å². The number of benzene rings is 1. The number of aromatic nitrogens is 1. The maximum Gasteiger partial charge on any atom is 0.251 e. The molecule has 21 heavy (non-hydrogen) atoms. The summed E-state index contributed by atoms with van der Waals surface area (Å²) in [5.41, 5.74) is 8.71. The second kappa shape index (κ2) is 7.02. The highest BCUT2D eigenvalue weighted by atomic mass is 32.1. The third kappa shape index (κ3) is 4.15. The maximum atomic E-state index is 12.2. The Balaban J connectivity index is 2.08. The molecule has 0 saturated carbocycles. The Kier molecular flexibility index (Phi) is 5.09. The van der Waals surface area contributed by atoms with E-state index in [-0.39, 0.29) is 5.91 Å². The molecule has 0 bridgehead atoms. The lowest BCUT2D eigenvalue weighted by atomic mass is 10.0. The number of carbonyl (C=O) groups excluding carboxylic acids is 1. The molecule has 2 aromatic rings. The van der Waals surface area contributed by atoms with Crippen LogP contribution in [-0.4, -0.2) is 17.4 Å². The smallest absolute Gasteiger partial charge is 0.251 e. The van der Waals surface area contributed by atoms with Gasteiger partial charge in [-0.1, -0.05) is 17.9 Å². The van der Waals surface area contributed by atoms with Crippen LogP contribution in [0.5, 0.6) is 0 Å². The molecule has 0 atom stereocenters. The standard InChI is InChI=1S/C16H17N3OS/c1-11-5-6-14(8-13(11)4-3-7-17)16(20)18-9-15-10-21-12(2)19-15/h5-6,8,10H,7,9,17H2,1-2H3,(H,18,20). The van der Waals surface area contributed by atoms with E-state index >= 15 is 0 Å². The fourth-order valence-electron chi connectivity index (χ4n) is 1.81. The fourth-order valence-corrected chi connectivity index (χ4v) is 2.42. The van der Waals surface area contributed by atoms with Gasteiger partial charge in [-0.25, -0.2) is 4.98 Å². The summed E-state index contributed by atoms with van der Waals surface area (Å²) in [4.78, 5) is 16.5. The van der Waals surface area contributed by atoms with Gasteiger partial charge >= 0.3 is 0 Å². The summed E-state index contributed by atoms with van der Waals surface area (Å²) in [7, 11) is 0. The zero-order chi connectivity index (χ0) is 15.2. The Morgan fingerprint density at radius 2 is 2.24 bits per heavy atom. The highest BCUT2D eigenvalue weighted by Gasteiger charge is 2.08. The number of nitrogens with two attached hydrogens (primary N) is 1. The molecule has 0 spiro atoms. The van der Waals surface area contributed by atoms with Crippen LogP contribution in [0, 0.1) is 25.7 Å². The zero-order valence-corrected chi connectivity index (χ0v) is 12.9. The number of rotatable bonds is 3. The van der Waals surface area contributed by atoms with Gasteiger partial charge in [0.2, 0.25) is 0 Å². The lowest BCUT2D eigenvalue weighted by Crippen LogP contribution is -2.23. The first-order valence-corrected chi connectivity index (χ1v) is 7.47. The van der Waals surface area contributed by atoms with Crippen molar-refractivity contribution in [1.82, 2.24) is 10.3 Å². The molecule has 5 heteroatoms. The fraction of sp³-hybridized carbons (Fsp3) is 0.250. The van der Waals surface area contributed by atoms with Gasteiger partial charge in [-0.05, 0) is 31.5 Å². The molecule has 0 fully saturated rings. The van der Waals surface area contributed by atoms with Gasteiger partial charge in [0.15, 0.2) is 0 Å². The lowest BCUT2D eigenvalue weighted by molar-refractivity contribution is 0.0950. The van der Waals surface area contributed by atoms with Gasteiger partial charge in [-0.3, -0.25) is 4.79 Å². The number of nitrogens with one attached hydrogen (secondary N) is 1. The molecule has 3 N–H and O–H groups in total. The molecule has 1 amide bonds. The van der Waals surface area contributed by atoms with E-state index in [4.69, 9.17) is 5.73 Å². The predicted molar refractivity (Wildman–Crippen MR) is 85.1 cm³/mol. The van der Waals surface area contributed by atoms with E-state index < -0.39 is 0 Å². The van der Waals surface area contributed by atoms with Crippen molar-refractivity contribution in [2.75, 3.05) is 6.54 Å². The molecule has 0 aliphatic carbocycles. The summed E-state index contributed by atoms with van der Waals surface area (Å²) in [5.74, 6) is 5.66. The van der Waals surface area contributed by atoms with Crippen LogP contribution in [0.15, 0.2) is 23.6 Å². The van der Waals surface area contributed by atoms with E-state index in [1.165, 1.54) is 0 Å². The van der Waals surface area contributed by atoms with E-state index in [9.17, 15) is 4.79 Å². The van der Waals surface area contributed by atoms with Crippen molar-refractivity contribution in [1.29, 1.82) is 0 Å².